The third kappa shape index (κ3) is 4.10. The maximum Gasteiger partial charge on any atom is 0.341 e. The summed E-state index contributed by atoms with van der Waals surface area (Å²) < 4.78 is 5.47. The summed E-state index contributed by atoms with van der Waals surface area (Å²) >= 11 is 0. The average Bonchev–Trinajstić information content (AvgIpc) is 2.91. The number of carbonyl (C=O) groups is 2. The Bertz CT molecular complexity index is 703. The molecule has 4 aliphatic rings. The fourth-order valence-electron chi connectivity index (χ4n) is 4.60. The van der Waals surface area contributed by atoms with E-state index in [1.165, 1.54) is 12.8 Å². The average molecular weight is 372 g/mol. The lowest BCUT2D eigenvalue weighted by Crippen LogP contribution is -2.45. The van der Waals surface area contributed by atoms with Crippen molar-refractivity contribution >= 4 is 11.9 Å². The molecule has 1 aromatic rings. The number of benzene rings is 1. The summed E-state index contributed by atoms with van der Waals surface area (Å²) in [7, 11) is 0. The Morgan fingerprint density at radius 1 is 1.07 bits per heavy atom. The van der Waals surface area contributed by atoms with Crippen molar-refractivity contribution in [2.75, 3.05) is 26.2 Å². The molecular weight excluding hydrogens is 344 g/mol. The van der Waals surface area contributed by atoms with Crippen molar-refractivity contribution in [3.05, 3.63) is 29.8 Å². The Hall–Kier alpha value is -2.08. The third-order valence-electron chi connectivity index (χ3n) is 6.29. The van der Waals surface area contributed by atoms with Gasteiger partial charge in [0.15, 0.2) is 6.61 Å². The van der Waals surface area contributed by atoms with Crippen molar-refractivity contribution in [2.24, 2.45) is 11.8 Å². The molecular formula is C21H28N2O4. The summed E-state index contributed by atoms with van der Waals surface area (Å²) in [6, 6.07) is 8.05. The number of aliphatic carboxylic acids is 1. The number of hydrogen-bond acceptors (Lipinski definition) is 4. The minimum absolute atomic E-state index is 0.265. The highest BCUT2D eigenvalue weighted by atomic mass is 16.5. The molecule has 5 rings (SSSR count). The molecule has 3 aliphatic heterocycles. The molecule has 2 unspecified atom stereocenters. The molecule has 4 fully saturated rings. The monoisotopic (exact) mass is 372 g/mol. The molecule has 2 bridgehead atoms. The molecule has 1 saturated carbocycles. The van der Waals surface area contributed by atoms with Crippen LogP contribution >= 0.6 is 0 Å². The van der Waals surface area contributed by atoms with Crippen LogP contribution in [0.15, 0.2) is 24.3 Å². The number of para-hydroxylation sites is 1. The standard InChI is InChI=1S/C21H28N2O4/c24-20(25)14-27-19-7-2-1-4-17(19)12-22-10-15-8-9-18(22)13-23(11-15)21(26)16-5-3-6-16/h1-2,4,7,15-16,18H,3,5-6,8-14H2,(H,24,25). The Labute approximate surface area is 160 Å². The summed E-state index contributed by atoms with van der Waals surface area (Å²) in [4.78, 5) is 28.2. The van der Waals surface area contributed by atoms with Gasteiger partial charge in [0.25, 0.3) is 0 Å². The predicted molar refractivity (Wildman–Crippen MR) is 100 cm³/mol. The van der Waals surface area contributed by atoms with Gasteiger partial charge in [-0.05, 0) is 37.7 Å². The first-order chi connectivity index (χ1) is 13.1. The molecule has 27 heavy (non-hydrogen) atoms. The molecule has 146 valence electrons. The van der Waals surface area contributed by atoms with Crippen molar-refractivity contribution in [1.29, 1.82) is 0 Å². The Morgan fingerprint density at radius 3 is 2.63 bits per heavy atom. The first-order valence-corrected chi connectivity index (χ1v) is 10.1. The van der Waals surface area contributed by atoms with Gasteiger partial charge in [-0.2, -0.15) is 0 Å². The molecule has 1 aromatic carbocycles. The molecule has 6 heteroatoms. The highest BCUT2D eigenvalue weighted by Crippen LogP contribution is 2.34. The van der Waals surface area contributed by atoms with Crippen LogP contribution in [0.1, 0.15) is 37.7 Å². The van der Waals surface area contributed by atoms with Gasteiger partial charge < -0.3 is 14.7 Å². The largest absolute Gasteiger partial charge is 0.482 e. The number of rotatable bonds is 6. The van der Waals surface area contributed by atoms with Crippen LogP contribution < -0.4 is 4.74 Å². The highest BCUT2D eigenvalue weighted by molar-refractivity contribution is 5.79. The van der Waals surface area contributed by atoms with Gasteiger partial charge in [-0.1, -0.05) is 24.6 Å². The Balaban J connectivity index is 1.44. The SMILES string of the molecule is O=C(O)COc1ccccc1CN1CC2CCC1CN(C(=O)C1CCC1)C2. The molecule has 3 heterocycles. The van der Waals surface area contributed by atoms with Gasteiger partial charge in [-0.25, -0.2) is 4.79 Å². The highest BCUT2D eigenvalue weighted by Gasteiger charge is 2.39. The van der Waals surface area contributed by atoms with E-state index in [1.54, 1.807) is 0 Å². The van der Waals surface area contributed by atoms with Crippen LogP contribution in [-0.4, -0.2) is 59.1 Å². The first kappa shape index (κ1) is 18.3. The van der Waals surface area contributed by atoms with Gasteiger partial charge >= 0.3 is 5.97 Å². The molecule has 0 aromatic heterocycles. The number of nitrogens with zero attached hydrogens (tertiary/aromatic N) is 2. The van der Waals surface area contributed by atoms with Gasteiger partial charge in [-0.15, -0.1) is 0 Å². The summed E-state index contributed by atoms with van der Waals surface area (Å²) in [6.07, 6.45) is 5.62. The quantitative estimate of drug-likeness (QED) is 0.830. The maximum absolute atomic E-state index is 12.8. The van der Waals surface area contributed by atoms with Crippen molar-refractivity contribution in [3.63, 3.8) is 0 Å². The van der Waals surface area contributed by atoms with E-state index >= 15 is 0 Å². The molecule has 2 atom stereocenters. The van der Waals surface area contributed by atoms with Crippen LogP contribution in [0.2, 0.25) is 0 Å². The second kappa shape index (κ2) is 7.89. The van der Waals surface area contributed by atoms with Gasteiger partial charge in [0.2, 0.25) is 5.91 Å². The zero-order valence-corrected chi connectivity index (χ0v) is 15.7. The van der Waals surface area contributed by atoms with E-state index in [4.69, 9.17) is 9.84 Å². The molecule has 1 aliphatic carbocycles. The van der Waals surface area contributed by atoms with Crippen molar-refractivity contribution < 1.29 is 19.4 Å². The van der Waals surface area contributed by atoms with E-state index in [0.29, 0.717) is 23.6 Å². The van der Waals surface area contributed by atoms with E-state index in [-0.39, 0.29) is 12.5 Å². The van der Waals surface area contributed by atoms with Gasteiger partial charge in [0.1, 0.15) is 5.75 Å². The number of carboxylic acids is 1. The van der Waals surface area contributed by atoms with Crippen LogP contribution in [0.25, 0.3) is 0 Å². The summed E-state index contributed by atoms with van der Waals surface area (Å²) in [6.45, 7) is 3.12. The first-order valence-electron chi connectivity index (χ1n) is 10.1. The van der Waals surface area contributed by atoms with E-state index < -0.39 is 5.97 Å². The Morgan fingerprint density at radius 2 is 1.89 bits per heavy atom. The van der Waals surface area contributed by atoms with E-state index in [2.05, 4.69) is 9.80 Å². The second-order valence-electron chi connectivity index (χ2n) is 8.19. The van der Waals surface area contributed by atoms with Crippen molar-refractivity contribution in [2.45, 2.75) is 44.7 Å². The van der Waals surface area contributed by atoms with E-state index in [1.807, 2.05) is 24.3 Å². The molecule has 0 radical (unpaired) electrons. The minimum Gasteiger partial charge on any atom is -0.482 e. The fourth-order valence-corrected chi connectivity index (χ4v) is 4.60. The summed E-state index contributed by atoms with van der Waals surface area (Å²) in [5.41, 5.74) is 1.02. The molecule has 3 saturated heterocycles. The lowest BCUT2D eigenvalue weighted by atomic mass is 9.84. The number of ether oxygens (including phenoxy) is 1. The fraction of sp³-hybridized carbons (Fsp3) is 0.619. The lowest BCUT2D eigenvalue weighted by Gasteiger charge is -2.36. The molecule has 1 N–H and O–H groups in total. The number of carbonyl (C=O) groups excluding carboxylic acids is 1. The number of amides is 1. The van der Waals surface area contributed by atoms with Gasteiger partial charge in [-0.3, -0.25) is 9.69 Å². The predicted octanol–water partition coefficient (Wildman–Crippen LogP) is 2.37. The van der Waals surface area contributed by atoms with Gasteiger partial charge in [0.05, 0.1) is 0 Å². The third-order valence-corrected chi connectivity index (χ3v) is 6.29. The lowest BCUT2D eigenvalue weighted by molar-refractivity contribution is -0.139. The second-order valence-corrected chi connectivity index (χ2v) is 8.19. The summed E-state index contributed by atoms with van der Waals surface area (Å²) in [5, 5.41) is 8.89. The normalized spacial score (nSPS) is 25.7. The Kier molecular flexibility index (Phi) is 5.34. The van der Waals surface area contributed by atoms with E-state index in [9.17, 15) is 9.59 Å². The minimum atomic E-state index is -0.969. The summed E-state index contributed by atoms with van der Waals surface area (Å²) in [5.74, 6) is 0.831. The van der Waals surface area contributed by atoms with Crippen LogP contribution in [0.4, 0.5) is 0 Å². The molecule has 1 amide bonds. The topological polar surface area (TPSA) is 70.1 Å². The smallest absolute Gasteiger partial charge is 0.341 e. The van der Waals surface area contributed by atoms with Gasteiger partial charge in [0, 0.05) is 43.7 Å². The van der Waals surface area contributed by atoms with Crippen LogP contribution in [0, 0.1) is 11.8 Å². The molecule has 0 spiro atoms. The van der Waals surface area contributed by atoms with Crippen LogP contribution in [0.3, 0.4) is 0 Å². The maximum atomic E-state index is 12.8. The zero-order chi connectivity index (χ0) is 18.8. The number of fused-ring (bicyclic) bond motifs is 4. The van der Waals surface area contributed by atoms with Crippen LogP contribution in [-0.2, 0) is 16.1 Å². The van der Waals surface area contributed by atoms with Crippen molar-refractivity contribution in [1.82, 2.24) is 9.80 Å². The van der Waals surface area contributed by atoms with Crippen molar-refractivity contribution in [3.8, 4) is 5.75 Å². The zero-order valence-electron chi connectivity index (χ0n) is 15.7. The number of piperidine rings is 1. The molecule has 6 nitrogen and oxygen atoms in total. The van der Waals surface area contributed by atoms with E-state index in [0.717, 1.165) is 51.0 Å². The van der Waals surface area contributed by atoms with Crippen LogP contribution in [0.5, 0.6) is 5.75 Å². The number of carboxylic acid groups (broad SMARTS) is 1. The number of hydrogen-bond donors (Lipinski definition) is 1.